The zero-order valence-electron chi connectivity index (χ0n) is 10.6. The van der Waals surface area contributed by atoms with Crippen LogP contribution in [0.25, 0.3) is 11.1 Å². The molecule has 1 atom stereocenters. The lowest BCUT2D eigenvalue weighted by atomic mass is 9.98. The monoisotopic (exact) mass is 263 g/mol. The molecule has 4 N–H and O–H groups in total. The molecule has 0 spiro atoms. The molecule has 0 radical (unpaired) electrons. The number of fused-ring (bicyclic) bond motifs is 1. The molecule has 0 bridgehead atoms. The van der Waals surface area contributed by atoms with Crippen LogP contribution in [0.4, 0.5) is 11.4 Å². The molecule has 0 amide bonds. The third-order valence-electron chi connectivity index (χ3n) is 3.69. The number of aliphatic hydroxyl groups is 1. The highest BCUT2D eigenvalue weighted by Gasteiger charge is 2.21. The van der Waals surface area contributed by atoms with Crippen LogP contribution in [0.5, 0.6) is 0 Å². The molecule has 6 nitrogen and oxygen atoms in total. The van der Waals surface area contributed by atoms with Crippen LogP contribution >= 0.6 is 0 Å². The van der Waals surface area contributed by atoms with Crippen LogP contribution in [0.1, 0.15) is 12.8 Å². The van der Waals surface area contributed by atoms with Crippen molar-refractivity contribution in [3.8, 4) is 0 Å². The average Bonchev–Trinajstić information content (AvgIpc) is 2.77. The van der Waals surface area contributed by atoms with Gasteiger partial charge in [0.2, 0.25) is 0 Å². The van der Waals surface area contributed by atoms with Crippen molar-refractivity contribution in [1.82, 2.24) is 4.98 Å². The zero-order valence-corrected chi connectivity index (χ0v) is 10.6. The lowest BCUT2D eigenvalue weighted by molar-refractivity contribution is 0.209. The van der Waals surface area contributed by atoms with Crippen LogP contribution < -0.4 is 16.4 Å². The van der Waals surface area contributed by atoms with Gasteiger partial charge in [-0.05, 0) is 24.8 Å². The van der Waals surface area contributed by atoms with Crippen LogP contribution in [0.15, 0.2) is 21.3 Å². The van der Waals surface area contributed by atoms with E-state index in [1.54, 1.807) is 6.07 Å². The lowest BCUT2D eigenvalue weighted by Crippen LogP contribution is -2.37. The molecular formula is C13H17N3O3. The maximum Gasteiger partial charge on any atom is 0.417 e. The fraction of sp³-hybridized carbons (Fsp3) is 0.462. The number of piperidine rings is 1. The van der Waals surface area contributed by atoms with Gasteiger partial charge in [-0.2, -0.15) is 0 Å². The van der Waals surface area contributed by atoms with Crippen molar-refractivity contribution >= 4 is 22.5 Å². The molecule has 1 aromatic heterocycles. The van der Waals surface area contributed by atoms with Gasteiger partial charge in [-0.15, -0.1) is 0 Å². The Hall–Kier alpha value is -1.95. The van der Waals surface area contributed by atoms with Gasteiger partial charge in [0.15, 0.2) is 5.58 Å². The van der Waals surface area contributed by atoms with Gasteiger partial charge >= 0.3 is 5.76 Å². The van der Waals surface area contributed by atoms with E-state index >= 15 is 0 Å². The van der Waals surface area contributed by atoms with Crippen molar-refractivity contribution in [1.29, 1.82) is 0 Å². The molecule has 1 aliphatic heterocycles. The number of anilines is 2. The second-order valence-corrected chi connectivity index (χ2v) is 5.06. The van der Waals surface area contributed by atoms with E-state index in [-0.39, 0.29) is 12.5 Å². The standard InChI is InChI=1S/C13H17N3O3/c14-9-4-12-10(15-13(18)19-12)5-11(9)16-3-1-2-8(6-16)7-17/h4-5,8,17H,1-3,6-7,14H2,(H,15,18). The Labute approximate surface area is 109 Å². The SMILES string of the molecule is Nc1cc2oc(=O)[nH]c2cc1N1CCCC(CO)C1. The number of hydrogen-bond acceptors (Lipinski definition) is 5. The Kier molecular flexibility index (Phi) is 2.94. The van der Waals surface area contributed by atoms with E-state index in [9.17, 15) is 9.90 Å². The Morgan fingerprint density at radius 2 is 2.37 bits per heavy atom. The number of H-pyrrole nitrogens is 1. The van der Waals surface area contributed by atoms with Gasteiger partial charge in [0.25, 0.3) is 0 Å². The maximum absolute atomic E-state index is 11.2. The number of nitrogens with zero attached hydrogens (tertiary/aromatic N) is 1. The van der Waals surface area contributed by atoms with E-state index < -0.39 is 5.76 Å². The predicted octanol–water partition coefficient (Wildman–Crippen LogP) is 0.912. The minimum Gasteiger partial charge on any atom is -0.408 e. The van der Waals surface area contributed by atoms with Gasteiger partial charge < -0.3 is 20.2 Å². The highest BCUT2D eigenvalue weighted by Crippen LogP contribution is 2.31. The minimum absolute atomic E-state index is 0.196. The van der Waals surface area contributed by atoms with E-state index in [0.29, 0.717) is 16.8 Å². The normalized spacial score (nSPS) is 20.1. The molecule has 2 heterocycles. The van der Waals surface area contributed by atoms with Gasteiger partial charge in [-0.1, -0.05) is 0 Å². The molecular weight excluding hydrogens is 246 g/mol. The number of aromatic nitrogens is 1. The minimum atomic E-state index is -0.474. The first-order valence-corrected chi connectivity index (χ1v) is 6.45. The van der Waals surface area contributed by atoms with E-state index in [4.69, 9.17) is 10.2 Å². The molecule has 3 rings (SSSR count). The number of hydrogen-bond donors (Lipinski definition) is 3. The Morgan fingerprint density at radius 1 is 1.53 bits per heavy atom. The molecule has 19 heavy (non-hydrogen) atoms. The number of nitrogen functional groups attached to an aromatic ring is 1. The number of aliphatic hydroxyl groups excluding tert-OH is 1. The number of nitrogens with one attached hydrogen (secondary N) is 1. The second kappa shape index (κ2) is 4.62. The van der Waals surface area contributed by atoms with E-state index in [2.05, 4.69) is 9.88 Å². The van der Waals surface area contributed by atoms with E-state index in [1.165, 1.54) is 0 Å². The smallest absolute Gasteiger partial charge is 0.408 e. The molecule has 1 unspecified atom stereocenters. The summed E-state index contributed by atoms with van der Waals surface area (Å²) in [6.45, 7) is 1.89. The molecule has 1 fully saturated rings. The fourth-order valence-corrected chi connectivity index (χ4v) is 2.71. The van der Waals surface area contributed by atoms with E-state index in [0.717, 1.165) is 31.6 Å². The molecule has 1 saturated heterocycles. The van der Waals surface area contributed by atoms with Crippen LogP contribution in [-0.4, -0.2) is 29.8 Å². The lowest BCUT2D eigenvalue weighted by Gasteiger charge is -2.34. The van der Waals surface area contributed by atoms with Crippen molar-refractivity contribution < 1.29 is 9.52 Å². The third kappa shape index (κ3) is 2.19. The molecule has 6 heteroatoms. The number of oxazole rings is 1. The van der Waals surface area contributed by atoms with Crippen molar-refractivity contribution in [3.63, 3.8) is 0 Å². The summed E-state index contributed by atoms with van der Waals surface area (Å²) >= 11 is 0. The second-order valence-electron chi connectivity index (χ2n) is 5.06. The summed E-state index contributed by atoms with van der Waals surface area (Å²) in [7, 11) is 0. The topological polar surface area (TPSA) is 95.5 Å². The molecule has 2 aromatic rings. The van der Waals surface area contributed by atoms with Crippen LogP contribution in [0.3, 0.4) is 0 Å². The summed E-state index contributed by atoms with van der Waals surface area (Å²) in [4.78, 5) is 16.0. The first kappa shape index (κ1) is 12.1. The Bertz CT molecular complexity index is 646. The van der Waals surface area contributed by atoms with Crippen LogP contribution in [0.2, 0.25) is 0 Å². The Balaban J connectivity index is 1.99. The summed E-state index contributed by atoms with van der Waals surface area (Å²) in [5, 5.41) is 9.28. The highest BCUT2D eigenvalue weighted by atomic mass is 16.4. The summed E-state index contributed by atoms with van der Waals surface area (Å²) in [5.41, 5.74) is 8.64. The number of rotatable bonds is 2. The molecule has 0 aliphatic carbocycles. The van der Waals surface area contributed by atoms with Crippen LogP contribution in [0, 0.1) is 5.92 Å². The molecule has 1 aromatic carbocycles. The van der Waals surface area contributed by atoms with E-state index in [1.807, 2.05) is 6.07 Å². The average molecular weight is 263 g/mol. The van der Waals surface area contributed by atoms with Gasteiger partial charge in [-0.25, -0.2) is 4.79 Å². The molecule has 1 aliphatic rings. The first-order chi connectivity index (χ1) is 9.17. The quantitative estimate of drug-likeness (QED) is 0.700. The van der Waals surface area contributed by atoms with Crippen LogP contribution in [-0.2, 0) is 0 Å². The van der Waals surface area contributed by atoms with Crippen molar-refractivity contribution in [2.24, 2.45) is 5.92 Å². The molecule has 0 saturated carbocycles. The summed E-state index contributed by atoms with van der Waals surface area (Å²) in [6.07, 6.45) is 2.07. The number of nitrogens with two attached hydrogens (primary N) is 1. The van der Waals surface area contributed by atoms with Crippen molar-refractivity contribution in [3.05, 3.63) is 22.7 Å². The summed E-state index contributed by atoms with van der Waals surface area (Å²) < 4.78 is 4.98. The van der Waals surface area contributed by atoms with Gasteiger partial charge in [0.05, 0.1) is 16.9 Å². The van der Waals surface area contributed by atoms with Gasteiger partial charge in [0.1, 0.15) is 0 Å². The first-order valence-electron chi connectivity index (χ1n) is 6.45. The zero-order chi connectivity index (χ0) is 13.4. The van der Waals surface area contributed by atoms with Gasteiger partial charge in [0, 0.05) is 25.8 Å². The predicted molar refractivity (Wildman–Crippen MR) is 73.3 cm³/mol. The fourth-order valence-electron chi connectivity index (χ4n) is 2.71. The third-order valence-corrected chi connectivity index (χ3v) is 3.69. The molecule has 102 valence electrons. The number of aromatic amines is 1. The van der Waals surface area contributed by atoms with Crippen molar-refractivity contribution in [2.45, 2.75) is 12.8 Å². The highest BCUT2D eigenvalue weighted by molar-refractivity contribution is 5.85. The maximum atomic E-state index is 11.2. The summed E-state index contributed by atoms with van der Waals surface area (Å²) in [6, 6.07) is 3.51. The Morgan fingerprint density at radius 3 is 3.16 bits per heavy atom. The van der Waals surface area contributed by atoms with Crippen molar-refractivity contribution in [2.75, 3.05) is 30.3 Å². The summed E-state index contributed by atoms with van der Waals surface area (Å²) in [5.74, 6) is -0.189. The number of benzene rings is 1. The van der Waals surface area contributed by atoms with Gasteiger partial charge in [-0.3, -0.25) is 4.98 Å². The largest absolute Gasteiger partial charge is 0.417 e.